The Hall–Kier alpha value is -16.3. The second kappa shape index (κ2) is 35.7. The first kappa shape index (κ1) is 84.0. The molecule has 136 heavy (non-hydrogen) atoms. The molecule has 28 nitrogen and oxygen atoms in total. The zero-order chi connectivity index (χ0) is 91.6. The maximum absolute atomic E-state index is 11.0. The van der Waals surface area contributed by atoms with Gasteiger partial charge in [-0.1, -0.05) is 171 Å². The minimum atomic E-state index is 0.393. The monoisotopic (exact) mass is 1790 g/mol. The van der Waals surface area contributed by atoms with Crippen molar-refractivity contribution in [1.82, 2.24) is 102 Å². The number of nitrogen functional groups attached to an aromatic ring is 4. The average molecular weight is 1790 g/mol. The molecular formula is C108H99N26O2+. The van der Waals surface area contributed by atoms with E-state index in [0.29, 0.717) is 70.2 Å². The van der Waals surface area contributed by atoms with Crippen LogP contribution in [0.3, 0.4) is 0 Å². The van der Waals surface area contributed by atoms with Crippen LogP contribution in [0.1, 0.15) is 129 Å². The highest BCUT2D eigenvalue weighted by Gasteiger charge is 2.40. The van der Waals surface area contributed by atoms with Crippen LogP contribution in [0.25, 0.3) is 156 Å². The fraction of sp³-hybridized carbons (Fsp3) is 0.213. The normalized spacial score (nSPS) is 15.9. The number of ether oxygens (including phenoxy) is 1. The molecule has 28 heteroatoms. The maximum atomic E-state index is 11.0. The van der Waals surface area contributed by atoms with Crippen molar-refractivity contribution >= 4 is 88.9 Å². The Kier molecular flexibility index (Phi) is 22.0. The van der Waals surface area contributed by atoms with Crippen LogP contribution in [-0.2, 0) is 6.54 Å². The van der Waals surface area contributed by atoms with E-state index in [9.17, 15) is 5.21 Å². The molecule has 0 bridgehead atoms. The van der Waals surface area contributed by atoms with E-state index < -0.39 is 0 Å². The number of aromatic amines is 1. The summed E-state index contributed by atoms with van der Waals surface area (Å²) in [5, 5.41) is 15.0. The van der Waals surface area contributed by atoms with Gasteiger partial charge in [0.1, 0.15) is 91.4 Å². The lowest BCUT2D eigenvalue weighted by Gasteiger charge is -2.46. The zero-order valence-electron chi connectivity index (χ0n) is 75.3. The van der Waals surface area contributed by atoms with Crippen LogP contribution in [0.4, 0.5) is 23.3 Å². The molecule has 4 aliphatic carbocycles. The van der Waals surface area contributed by atoms with Gasteiger partial charge in [0.05, 0.1) is 52.0 Å². The Morgan fingerprint density at radius 1 is 0.404 bits per heavy atom. The van der Waals surface area contributed by atoms with Crippen molar-refractivity contribution in [3.63, 3.8) is 0 Å². The number of H-pyrrole nitrogens is 1. The summed E-state index contributed by atoms with van der Waals surface area (Å²) in [5.74, 6) is 9.89. The number of nitrogens with zero attached hydrogens (tertiary/aromatic N) is 21. The van der Waals surface area contributed by atoms with Crippen molar-refractivity contribution in [2.24, 2.45) is 0 Å². The Bertz CT molecular complexity index is 8060. The summed E-state index contributed by atoms with van der Waals surface area (Å²) in [6, 6.07) is 73.6. The molecule has 672 valence electrons. The Labute approximate surface area is 782 Å². The summed E-state index contributed by atoms with van der Waals surface area (Å²) < 4.78 is 15.3. The smallest absolute Gasteiger partial charge is 0.265 e. The van der Waals surface area contributed by atoms with Gasteiger partial charge in [-0.05, 0) is 113 Å². The van der Waals surface area contributed by atoms with Gasteiger partial charge in [-0.2, -0.15) is 4.98 Å². The number of nitrogens with two attached hydrogens (primary N) is 4. The number of nitrogens with one attached hydrogen (secondary N) is 1. The molecule has 5 aliphatic rings. The maximum Gasteiger partial charge on any atom is 0.265 e. The lowest BCUT2D eigenvalue weighted by molar-refractivity contribution is -0.876. The van der Waals surface area contributed by atoms with Crippen LogP contribution < -0.4 is 32.4 Å². The number of aromatic nitrogens is 20. The average Bonchev–Trinajstić information content (AvgIpc) is 1.58. The van der Waals surface area contributed by atoms with E-state index in [-0.39, 0.29) is 0 Å². The zero-order valence-corrected chi connectivity index (χ0v) is 75.3. The molecular weight excluding hydrogens is 1690 g/mol. The van der Waals surface area contributed by atoms with Gasteiger partial charge in [-0.15, -0.1) is 0 Å². The molecule has 26 rings (SSSR count). The van der Waals surface area contributed by atoms with Crippen molar-refractivity contribution in [1.29, 1.82) is 0 Å². The van der Waals surface area contributed by atoms with Crippen LogP contribution in [0.2, 0.25) is 0 Å². The number of pyridine rings is 2. The molecule has 1 aliphatic heterocycles. The summed E-state index contributed by atoms with van der Waals surface area (Å²) in [7, 11) is 1.63. The number of rotatable bonds is 16. The van der Waals surface area contributed by atoms with Gasteiger partial charge in [-0.3, -0.25) is 32.6 Å². The van der Waals surface area contributed by atoms with Crippen LogP contribution in [-0.4, -0.2) is 147 Å². The van der Waals surface area contributed by atoms with Crippen LogP contribution in [0, 0.1) is 6.92 Å². The first-order valence-electron chi connectivity index (χ1n) is 46.7. The summed E-state index contributed by atoms with van der Waals surface area (Å²) in [6.07, 6.45) is 31.4. The van der Waals surface area contributed by atoms with Crippen molar-refractivity contribution < 1.29 is 14.7 Å². The molecule has 13 aromatic heterocycles. The quantitative estimate of drug-likeness (QED) is 0.0386. The van der Waals surface area contributed by atoms with E-state index in [1.165, 1.54) is 42.5 Å². The molecule has 8 aromatic carbocycles. The van der Waals surface area contributed by atoms with Crippen molar-refractivity contribution in [3.8, 4) is 96.2 Å². The van der Waals surface area contributed by atoms with E-state index in [4.69, 9.17) is 67.5 Å². The van der Waals surface area contributed by atoms with Gasteiger partial charge in [0.25, 0.3) is 11.2 Å². The summed E-state index contributed by atoms with van der Waals surface area (Å²) in [6.45, 7) is 7.34. The number of benzene rings is 8. The molecule has 1 saturated heterocycles. The largest absolute Gasteiger partial charge is 0.480 e. The highest BCUT2D eigenvalue weighted by atomic mass is 16.5. The van der Waals surface area contributed by atoms with Gasteiger partial charge in [0.15, 0.2) is 11.6 Å². The number of hydrogen-bond acceptors (Lipinski definition) is 22. The summed E-state index contributed by atoms with van der Waals surface area (Å²) in [4.78, 5) is 74.3. The number of piperazine rings is 1. The number of imidazole rings is 5. The fourth-order valence-electron chi connectivity index (χ4n) is 19.8. The van der Waals surface area contributed by atoms with E-state index >= 15 is 0 Å². The molecule has 0 radical (unpaired) electrons. The van der Waals surface area contributed by atoms with Crippen LogP contribution in [0.15, 0.2) is 280 Å². The summed E-state index contributed by atoms with van der Waals surface area (Å²) in [5.41, 5.74) is 47.2. The molecule has 10 N–H and O–H groups in total. The second-order valence-electron chi connectivity index (χ2n) is 36.0. The summed E-state index contributed by atoms with van der Waals surface area (Å²) >= 11 is 0. The highest BCUT2D eigenvalue weighted by Crippen LogP contribution is 2.47. The highest BCUT2D eigenvalue weighted by molar-refractivity contribution is 5.97. The Balaban J connectivity index is 0.000000103. The van der Waals surface area contributed by atoms with Crippen molar-refractivity contribution in [2.45, 2.75) is 114 Å². The first-order chi connectivity index (χ1) is 66.8. The van der Waals surface area contributed by atoms with E-state index in [0.717, 1.165) is 245 Å². The van der Waals surface area contributed by atoms with Crippen LogP contribution >= 0.6 is 0 Å². The lowest BCUT2D eigenvalue weighted by atomic mass is 9.78. The van der Waals surface area contributed by atoms with Crippen molar-refractivity contribution in [3.05, 3.63) is 315 Å². The number of hydrogen-bond donors (Lipinski definition) is 6. The number of anilines is 4. The lowest BCUT2D eigenvalue weighted by Crippen LogP contribution is -2.53. The molecule has 0 spiro atoms. The standard InChI is InChI=1S/C33H33N9.C25H22N6O.C25H22N6.C25H22N5O/c34-32-31-30(24-7-6-23-8-9-28(38-29(23)18-24)22-4-2-1-3-5-22)39-33(42(31)11-10-36-32)25-16-27(17-25)41-14-12-40(13-15-41)20-26-19-35-21-37-26;1-32-25-18-11-10-17(14-19(18)28-23(30-25)15-6-3-2-4-7-15)20-21-22(26)27-12-13-31(21)24(29-20)16-8-5-9-16;1-15-19-11-10-18(14-20(19)29-24(28-15)16-6-3-2-4-7-16)21-22-23(26)27-12-13-31(22)25(30-21)17-8-5-9-17;26-24-23-22(28-25(18-7-4-8-18)29(23)14-13-27-24)19-10-9-17-11-12-20(30(31)21(17)15-19)16-5-2-1-3-6-16/h1-11,18-19,21,25,27H,12-17,20H2,(H2,34,36)(H,35,37);2-4,6-7,10-14,16H,5,8-9H2,1H3,(H2,26,27);2-4,6-7,10-14,17H,5,8-9H2,1H3,(H2,26,27);1-3,5-6,9-15,18,31H,4,7-8H2,(H2,26,27)/q;;;+1. The molecule has 0 unspecified atom stereocenters. The van der Waals surface area contributed by atoms with E-state index in [1.54, 1.807) is 38.2 Å². The molecule has 0 amide bonds. The third-order valence-corrected chi connectivity index (χ3v) is 27.8. The van der Waals surface area contributed by atoms with Gasteiger partial charge in [0.2, 0.25) is 5.88 Å². The Morgan fingerprint density at radius 2 is 0.824 bits per heavy atom. The predicted molar refractivity (Wildman–Crippen MR) is 532 cm³/mol. The van der Waals surface area contributed by atoms with Gasteiger partial charge < -0.3 is 32.7 Å². The van der Waals surface area contributed by atoms with Gasteiger partial charge in [-0.25, -0.2) is 64.8 Å². The van der Waals surface area contributed by atoms with Crippen molar-refractivity contribution in [2.75, 3.05) is 56.2 Å². The third-order valence-electron chi connectivity index (χ3n) is 27.8. The molecule has 4 saturated carbocycles. The SMILES string of the molecule is COc1nc(-c2ccccc2)nc2cc(-c3nc(C4CCC4)n4ccnc(N)c34)ccc12.Cc1nc(-c2ccccc2)nc2cc(-c3nc(C4CCC4)n4ccnc(N)c34)ccc12.Nc1nccn2c(C3CC(N4CCN(Cc5cnc[nH]5)CC4)C3)nc(-c3ccc4ccc(-c5ccccc5)nc4c3)c12.Nc1nccn2c(C3CCC3)nc(-c3ccc4ccc(-c5ccccc5)[n+](O)c4c3)c12. The van der Waals surface area contributed by atoms with Gasteiger partial charge >= 0.3 is 0 Å². The second-order valence-corrected chi connectivity index (χ2v) is 36.0. The minimum Gasteiger partial charge on any atom is -0.480 e. The number of methoxy groups -OCH3 is 1. The topological polar surface area (TPSA) is 358 Å². The number of fused-ring (bicyclic) bond motifs is 8. The Morgan fingerprint density at radius 3 is 1.29 bits per heavy atom. The van der Waals surface area contributed by atoms with E-state index in [2.05, 4.69) is 123 Å². The van der Waals surface area contributed by atoms with Gasteiger partial charge in [0, 0.05) is 196 Å². The molecule has 21 aromatic rings. The molecule has 14 heterocycles. The molecule has 5 fully saturated rings. The van der Waals surface area contributed by atoms with E-state index in [1.807, 2.05) is 196 Å². The molecule has 0 atom stereocenters. The predicted octanol–water partition coefficient (Wildman–Crippen LogP) is 19.6. The third kappa shape index (κ3) is 15.8. The van der Waals surface area contributed by atoms with Crippen LogP contribution in [0.5, 0.6) is 5.88 Å². The fourth-order valence-corrected chi connectivity index (χ4v) is 19.8. The number of aryl methyl sites for hydroxylation is 1. The first-order valence-corrected chi connectivity index (χ1v) is 46.7. The minimum absolute atomic E-state index is 0.393.